The van der Waals surface area contributed by atoms with Gasteiger partial charge < -0.3 is 16.2 Å². The maximum absolute atomic E-state index is 5.81. The van der Waals surface area contributed by atoms with Crippen LogP contribution in [0.5, 0.6) is 5.88 Å². The third-order valence-corrected chi connectivity index (χ3v) is 1.88. The Bertz CT molecular complexity index is 371. The van der Waals surface area contributed by atoms with Gasteiger partial charge in [0, 0.05) is 6.20 Å². The van der Waals surface area contributed by atoms with Crippen LogP contribution in [-0.2, 0) is 0 Å². The first-order chi connectivity index (χ1) is 7.09. The maximum atomic E-state index is 5.81. The highest BCUT2D eigenvalue weighted by Gasteiger charge is 2.03. The maximum Gasteiger partial charge on any atom is 0.232 e. The van der Waals surface area contributed by atoms with Gasteiger partial charge in [0.2, 0.25) is 5.88 Å². The Morgan fingerprint density at radius 3 is 2.69 bits per heavy atom. The number of halogens is 3. The summed E-state index contributed by atoms with van der Waals surface area (Å²) < 4.78 is 5.22. The summed E-state index contributed by atoms with van der Waals surface area (Å²) in [5.41, 5.74) is 10.3. The number of ether oxygens (including phenoxy) is 1. The van der Waals surface area contributed by atoms with Crippen LogP contribution in [0, 0.1) is 0 Å². The van der Waals surface area contributed by atoms with E-state index in [1.807, 2.05) is 0 Å². The summed E-state index contributed by atoms with van der Waals surface area (Å²) in [6.07, 6.45) is 1.45. The summed E-state index contributed by atoms with van der Waals surface area (Å²) in [6, 6.07) is 1.55. The molecule has 0 aliphatic heterocycles. The Morgan fingerprint density at radius 1 is 1.44 bits per heavy atom. The summed E-state index contributed by atoms with van der Waals surface area (Å²) in [5, 5.41) is 0.809. The minimum Gasteiger partial charge on any atom is -0.475 e. The van der Waals surface area contributed by atoms with Gasteiger partial charge in [-0.3, -0.25) is 4.99 Å². The van der Waals surface area contributed by atoms with E-state index in [1.54, 1.807) is 6.07 Å². The third-order valence-electron chi connectivity index (χ3n) is 1.40. The van der Waals surface area contributed by atoms with Gasteiger partial charge in [-0.15, -0.1) is 24.0 Å². The first kappa shape index (κ1) is 15.5. The Hall–Kier alpha value is -0.470. The highest BCUT2D eigenvalue weighted by molar-refractivity contribution is 14.0. The number of guanidine groups is 1. The number of rotatable bonds is 4. The molecule has 90 valence electrons. The summed E-state index contributed by atoms with van der Waals surface area (Å²) in [7, 11) is 0. The number of aromatic nitrogens is 1. The standard InChI is InChI=1S/C8H10Cl2N4O.HI/c9-5-3-6(10)7(14-4-5)15-2-1-13-8(11)12;/h3-4H,1-2H2,(H4,11,12,13);1H. The van der Waals surface area contributed by atoms with Crippen molar-refractivity contribution >= 4 is 53.1 Å². The van der Waals surface area contributed by atoms with E-state index in [9.17, 15) is 0 Å². The molecular weight excluding hydrogens is 366 g/mol. The predicted octanol–water partition coefficient (Wildman–Crippen LogP) is 1.66. The average Bonchev–Trinajstić information content (AvgIpc) is 2.14. The molecule has 0 aliphatic carbocycles. The second kappa shape index (κ2) is 7.75. The van der Waals surface area contributed by atoms with Crippen LogP contribution < -0.4 is 16.2 Å². The molecule has 1 aromatic rings. The largest absolute Gasteiger partial charge is 0.475 e. The molecule has 0 radical (unpaired) electrons. The molecule has 0 atom stereocenters. The molecule has 0 unspecified atom stereocenters. The lowest BCUT2D eigenvalue weighted by Gasteiger charge is -2.04. The highest BCUT2D eigenvalue weighted by atomic mass is 127. The van der Waals surface area contributed by atoms with E-state index in [0.29, 0.717) is 29.1 Å². The fraction of sp³-hybridized carbons (Fsp3) is 0.250. The van der Waals surface area contributed by atoms with Gasteiger partial charge in [0.05, 0.1) is 11.6 Å². The van der Waals surface area contributed by atoms with Gasteiger partial charge in [-0.2, -0.15) is 0 Å². The number of hydrogen-bond donors (Lipinski definition) is 2. The van der Waals surface area contributed by atoms with Gasteiger partial charge in [-0.25, -0.2) is 4.98 Å². The zero-order valence-electron chi connectivity index (χ0n) is 8.19. The Morgan fingerprint density at radius 2 is 2.12 bits per heavy atom. The summed E-state index contributed by atoms with van der Waals surface area (Å²) >= 11 is 11.5. The van der Waals surface area contributed by atoms with Gasteiger partial charge in [-0.1, -0.05) is 23.2 Å². The monoisotopic (exact) mass is 376 g/mol. The van der Waals surface area contributed by atoms with E-state index >= 15 is 0 Å². The molecule has 0 amide bonds. The van der Waals surface area contributed by atoms with E-state index in [0.717, 1.165) is 0 Å². The molecule has 1 heterocycles. The topological polar surface area (TPSA) is 86.5 Å². The zero-order chi connectivity index (χ0) is 11.3. The van der Waals surface area contributed by atoms with Crippen molar-refractivity contribution in [3.63, 3.8) is 0 Å². The lowest BCUT2D eigenvalue weighted by atomic mass is 10.5. The van der Waals surface area contributed by atoms with Gasteiger partial charge >= 0.3 is 0 Å². The number of pyridine rings is 1. The highest BCUT2D eigenvalue weighted by Crippen LogP contribution is 2.24. The average molecular weight is 377 g/mol. The van der Waals surface area contributed by atoms with Crippen molar-refractivity contribution in [2.45, 2.75) is 0 Å². The molecule has 4 N–H and O–H groups in total. The minimum atomic E-state index is 0. The van der Waals surface area contributed by atoms with Crippen LogP contribution in [0.1, 0.15) is 0 Å². The second-order valence-corrected chi connectivity index (χ2v) is 3.44. The molecule has 0 aromatic carbocycles. The molecular formula is C8H11Cl2IN4O. The SMILES string of the molecule is I.NC(N)=NCCOc1ncc(Cl)cc1Cl. The number of aliphatic imine (C=N–C) groups is 1. The Labute approximate surface area is 120 Å². The number of nitrogens with two attached hydrogens (primary N) is 2. The summed E-state index contributed by atoms with van der Waals surface area (Å²) in [4.78, 5) is 7.63. The van der Waals surface area contributed by atoms with Crippen LogP contribution >= 0.6 is 47.2 Å². The van der Waals surface area contributed by atoms with Crippen LogP contribution in [0.15, 0.2) is 17.3 Å². The van der Waals surface area contributed by atoms with E-state index in [4.69, 9.17) is 39.4 Å². The third kappa shape index (κ3) is 5.57. The molecule has 0 saturated carbocycles. The fourth-order valence-corrected chi connectivity index (χ4v) is 1.26. The molecule has 16 heavy (non-hydrogen) atoms. The van der Waals surface area contributed by atoms with Crippen molar-refractivity contribution in [1.82, 2.24) is 4.98 Å². The van der Waals surface area contributed by atoms with Gasteiger partial charge in [0.1, 0.15) is 11.6 Å². The molecule has 0 saturated heterocycles. The van der Waals surface area contributed by atoms with E-state index < -0.39 is 0 Å². The fourth-order valence-electron chi connectivity index (χ4n) is 0.825. The van der Waals surface area contributed by atoms with Crippen LogP contribution in [0.25, 0.3) is 0 Å². The van der Waals surface area contributed by atoms with E-state index in [1.165, 1.54) is 6.20 Å². The number of nitrogens with zero attached hydrogens (tertiary/aromatic N) is 2. The Kier molecular flexibility index (Phi) is 7.52. The molecule has 0 bridgehead atoms. The second-order valence-electron chi connectivity index (χ2n) is 2.60. The Balaban J connectivity index is 0.00000225. The molecule has 1 aromatic heterocycles. The predicted molar refractivity (Wildman–Crippen MR) is 75.8 cm³/mol. The van der Waals surface area contributed by atoms with Crippen LogP contribution in [0.4, 0.5) is 0 Å². The van der Waals surface area contributed by atoms with E-state index in [2.05, 4.69) is 9.98 Å². The van der Waals surface area contributed by atoms with Crippen molar-refractivity contribution in [2.24, 2.45) is 16.5 Å². The van der Waals surface area contributed by atoms with Crippen molar-refractivity contribution in [1.29, 1.82) is 0 Å². The van der Waals surface area contributed by atoms with Crippen LogP contribution in [0.2, 0.25) is 10.0 Å². The lowest BCUT2D eigenvalue weighted by molar-refractivity contribution is 0.316. The molecule has 0 spiro atoms. The van der Waals surface area contributed by atoms with E-state index in [-0.39, 0.29) is 29.9 Å². The van der Waals surface area contributed by atoms with Gasteiger partial charge in [0.25, 0.3) is 0 Å². The smallest absolute Gasteiger partial charge is 0.232 e. The van der Waals surface area contributed by atoms with Gasteiger partial charge in [-0.05, 0) is 6.07 Å². The summed E-state index contributed by atoms with van der Waals surface area (Å²) in [6.45, 7) is 0.648. The quantitative estimate of drug-likeness (QED) is 0.362. The van der Waals surface area contributed by atoms with Crippen molar-refractivity contribution in [2.75, 3.05) is 13.2 Å². The minimum absolute atomic E-state index is 0. The number of hydrogen-bond acceptors (Lipinski definition) is 3. The molecule has 8 heteroatoms. The molecule has 5 nitrogen and oxygen atoms in total. The molecule has 0 fully saturated rings. The first-order valence-electron chi connectivity index (χ1n) is 4.09. The van der Waals surface area contributed by atoms with Crippen molar-refractivity contribution in [3.8, 4) is 5.88 Å². The summed E-state index contributed by atoms with van der Waals surface area (Å²) in [5.74, 6) is 0.334. The van der Waals surface area contributed by atoms with Gasteiger partial charge in [0.15, 0.2) is 5.96 Å². The lowest BCUT2D eigenvalue weighted by Crippen LogP contribution is -2.23. The van der Waals surface area contributed by atoms with Crippen LogP contribution in [-0.4, -0.2) is 24.1 Å². The zero-order valence-corrected chi connectivity index (χ0v) is 12.0. The first-order valence-corrected chi connectivity index (χ1v) is 4.84. The molecule has 0 aliphatic rings. The van der Waals surface area contributed by atoms with Crippen molar-refractivity contribution in [3.05, 3.63) is 22.3 Å². The normalized spacial score (nSPS) is 9.12. The van der Waals surface area contributed by atoms with Crippen LogP contribution in [0.3, 0.4) is 0 Å². The molecule has 1 rings (SSSR count). The van der Waals surface area contributed by atoms with Crippen molar-refractivity contribution < 1.29 is 4.74 Å².